The fourth-order valence-electron chi connectivity index (χ4n) is 1.29. The molecule has 0 aliphatic rings. The van der Waals surface area contributed by atoms with E-state index in [-0.39, 0.29) is 16.0 Å². The molecule has 0 aliphatic heterocycles. The summed E-state index contributed by atoms with van der Waals surface area (Å²) in [6.07, 6.45) is 4.11. The van der Waals surface area contributed by atoms with Gasteiger partial charge in [-0.1, -0.05) is 30.3 Å². The molecule has 0 fully saturated rings. The number of amides is 1. The van der Waals surface area contributed by atoms with E-state index in [0.717, 1.165) is 23.1 Å². The van der Waals surface area contributed by atoms with Crippen molar-refractivity contribution >= 4 is 33.5 Å². The standard InChI is InChI=1S/C12H9N3O3S/c16-10(7-6-9-4-2-1-3-5-9)14-12-13-8-11(19-12)15(17)18/h1-8H,(H,13,14,16). The number of nitrogens with zero attached hydrogens (tertiary/aromatic N) is 2. The van der Waals surface area contributed by atoms with Crippen LogP contribution in [0.1, 0.15) is 5.56 Å². The highest BCUT2D eigenvalue weighted by atomic mass is 32.1. The average Bonchev–Trinajstić information content (AvgIpc) is 2.86. The molecule has 0 atom stereocenters. The number of anilines is 1. The number of aromatic nitrogens is 1. The first-order valence-corrected chi connectivity index (χ1v) is 6.11. The van der Waals surface area contributed by atoms with E-state index in [1.807, 2.05) is 30.3 Å². The first-order chi connectivity index (χ1) is 9.15. The van der Waals surface area contributed by atoms with E-state index in [4.69, 9.17) is 0 Å². The van der Waals surface area contributed by atoms with Gasteiger partial charge in [0.05, 0.1) is 4.92 Å². The molecule has 6 nitrogen and oxygen atoms in total. The lowest BCUT2D eigenvalue weighted by Crippen LogP contribution is -2.06. The van der Waals surface area contributed by atoms with Crippen molar-refractivity contribution in [2.45, 2.75) is 0 Å². The van der Waals surface area contributed by atoms with Crippen LogP contribution in [-0.4, -0.2) is 15.8 Å². The van der Waals surface area contributed by atoms with E-state index < -0.39 is 4.92 Å². The Morgan fingerprint density at radius 1 is 1.37 bits per heavy atom. The predicted octanol–water partition coefficient (Wildman–Crippen LogP) is 2.70. The van der Waals surface area contributed by atoms with Crippen LogP contribution in [0, 0.1) is 10.1 Å². The van der Waals surface area contributed by atoms with E-state index in [9.17, 15) is 14.9 Å². The van der Waals surface area contributed by atoms with Gasteiger partial charge in [0.1, 0.15) is 6.20 Å². The molecule has 0 saturated carbocycles. The van der Waals surface area contributed by atoms with Crippen LogP contribution in [0.15, 0.2) is 42.6 Å². The van der Waals surface area contributed by atoms with Crippen molar-refractivity contribution in [3.8, 4) is 0 Å². The molecule has 1 N–H and O–H groups in total. The Labute approximate surface area is 112 Å². The van der Waals surface area contributed by atoms with Crippen LogP contribution in [0.25, 0.3) is 6.08 Å². The van der Waals surface area contributed by atoms with E-state index in [0.29, 0.717) is 0 Å². The van der Waals surface area contributed by atoms with Crippen LogP contribution in [0.5, 0.6) is 0 Å². The molecule has 2 rings (SSSR count). The molecule has 1 amide bonds. The van der Waals surface area contributed by atoms with Gasteiger partial charge >= 0.3 is 5.00 Å². The fraction of sp³-hybridized carbons (Fsp3) is 0. The Bertz CT molecular complexity index is 622. The van der Waals surface area contributed by atoms with Crippen molar-refractivity contribution in [3.63, 3.8) is 0 Å². The quantitative estimate of drug-likeness (QED) is 0.528. The van der Waals surface area contributed by atoms with Gasteiger partial charge in [-0.25, -0.2) is 4.98 Å². The zero-order valence-corrected chi connectivity index (χ0v) is 10.5. The molecule has 19 heavy (non-hydrogen) atoms. The van der Waals surface area contributed by atoms with Crippen LogP contribution < -0.4 is 5.32 Å². The van der Waals surface area contributed by atoms with E-state index in [1.54, 1.807) is 6.08 Å². The molecule has 1 aromatic heterocycles. The number of carbonyl (C=O) groups excluding carboxylic acids is 1. The van der Waals surface area contributed by atoms with Crippen molar-refractivity contribution in [3.05, 3.63) is 58.3 Å². The van der Waals surface area contributed by atoms with Crippen LogP contribution >= 0.6 is 11.3 Å². The Morgan fingerprint density at radius 3 is 2.74 bits per heavy atom. The summed E-state index contributed by atoms with van der Waals surface area (Å²) in [4.78, 5) is 25.2. The summed E-state index contributed by atoms with van der Waals surface area (Å²) in [7, 11) is 0. The summed E-state index contributed by atoms with van der Waals surface area (Å²) >= 11 is 0.815. The monoisotopic (exact) mass is 275 g/mol. The van der Waals surface area contributed by atoms with Gasteiger partial charge < -0.3 is 0 Å². The summed E-state index contributed by atoms with van der Waals surface area (Å²) in [5.74, 6) is -0.381. The third kappa shape index (κ3) is 3.71. The van der Waals surface area contributed by atoms with Gasteiger partial charge in [-0.15, -0.1) is 0 Å². The van der Waals surface area contributed by atoms with Crippen LogP contribution in [-0.2, 0) is 4.79 Å². The molecule has 0 unspecified atom stereocenters. The smallest absolute Gasteiger partial charge is 0.298 e. The molecule has 2 aromatic rings. The molecule has 0 aliphatic carbocycles. The molecular formula is C12H9N3O3S. The topological polar surface area (TPSA) is 85.1 Å². The Hall–Kier alpha value is -2.54. The first kappa shape index (κ1) is 12.9. The molecule has 0 bridgehead atoms. The minimum absolute atomic E-state index is 0.109. The van der Waals surface area contributed by atoms with Gasteiger partial charge in [0, 0.05) is 6.08 Å². The van der Waals surface area contributed by atoms with Crippen molar-refractivity contribution in [2.24, 2.45) is 0 Å². The zero-order chi connectivity index (χ0) is 13.7. The van der Waals surface area contributed by atoms with Crippen molar-refractivity contribution in [2.75, 3.05) is 5.32 Å². The highest BCUT2D eigenvalue weighted by Crippen LogP contribution is 2.24. The number of hydrogen-bond acceptors (Lipinski definition) is 5. The molecule has 0 saturated heterocycles. The fourth-order valence-corrected chi connectivity index (χ4v) is 1.93. The molecule has 96 valence electrons. The second kappa shape index (κ2) is 5.87. The number of rotatable bonds is 4. The summed E-state index contributed by atoms with van der Waals surface area (Å²) < 4.78 is 0. The lowest BCUT2D eigenvalue weighted by Gasteiger charge is -1.95. The van der Waals surface area contributed by atoms with Crippen LogP contribution in [0.4, 0.5) is 10.1 Å². The maximum atomic E-state index is 11.6. The van der Waals surface area contributed by atoms with E-state index >= 15 is 0 Å². The molecule has 7 heteroatoms. The third-order valence-electron chi connectivity index (χ3n) is 2.13. The molecule has 0 spiro atoms. The van der Waals surface area contributed by atoms with Gasteiger partial charge in [0.25, 0.3) is 0 Å². The second-order valence-corrected chi connectivity index (χ2v) is 4.50. The SMILES string of the molecule is O=C(C=Cc1ccccc1)Nc1ncc([N+](=O)[O-])s1. The lowest BCUT2D eigenvalue weighted by molar-refractivity contribution is -0.380. The number of nitrogens with one attached hydrogen (secondary N) is 1. The number of thiazole rings is 1. The zero-order valence-electron chi connectivity index (χ0n) is 9.65. The van der Waals surface area contributed by atoms with E-state index in [1.165, 1.54) is 6.08 Å². The largest absolute Gasteiger partial charge is 0.345 e. The Kier molecular flexibility index (Phi) is 3.99. The minimum atomic E-state index is -0.548. The number of hydrogen-bond donors (Lipinski definition) is 1. The normalized spacial score (nSPS) is 10.5. The van der Waals surface area contributed by atoms with Crippen LogP contribution in [0.2, 0.25) is 0 Å². The highest BCUT2D eigenvalue weighted by Gasteiger charge is 2.12. The summed E-state index contributed by atoms with van der Waals surface area (Å²) in [5, 5.41) is 13.0. The van der Waals surface area contributed by atoms with Gasteiger partial charge in [-0.05, 0) is 23.0 Å². The number of benzene rings is 1. The molecule has 0 radical (unpaired) electrons. The second-order valence-electron chi connectivity index (χ2n) is 3.49. The summed E-state index contributed by atoms with van der Waals surface area (Å²) in [6, 6.07) is 9.33. The predicted molar refractivity (Wildman–Crippen MR) is 72.9 cm³/mol. The van der Waals surface area contributed by atoms with Gasteiger partial charge in [0.2, 0.25) is 5.91 Å². The van der Waals surface area contributed by atoms with Crippen molar-refractivity contribution in [1.82, 2.24) is 4.98 Å². The van der Waals surface area contributed by atoms with Crippen LogP contribution in [0.3, 0.4) is 0 Å². The third-order valence-corrected chi connectivity index (χ3v) is 2.99. The van der Waals surface area contributed by atoms with Crippen molar-refractivity contribution in [1.29, 1.82) is 0 Å². The van der Waals surface area contributed by atoms with Gasteiger partial charge in [-0.2, -0.15) is 0 Å². The van der Waals surface area contributed by atoms with Gasteiger partial charge in [0.15, 0.2) is 5.13 Å². The van der Waals surface area contributed by atoms with Crippen molar-refractivity contribution < 1.29 is 9.72 Å². The molecule has 1 aromatic carbocycles. The molecule has 1 heterocycles. The maximum Gasteiger partial charge on any atom is 0.345 e. The number of carbonyl (C=O) groups is 1. The lowest BCUT2D eigenvalue weighted by atomic mass is 10.2. The summed E-state index contributed by atoms with van der Waals surface area (Å²) in [6.45, 7) is 0. The molecular weight excluding hydrogens is 266 g/mol. The van der Waals surface area contributed by atoms with Gasteiger partial charge in [-0.3, -0.25) is 20.2 Å². The highest BCUT2D eigenvalue weighted by molar-refractivity contribution is 7.18. The van der Waals surface area contributed by atoms with E-state index in [2.05, 4.69) is 10.3 Å². The minimum Gasteiger partial charge on any atom is -0.298 e. The number of nitro groups is 1. The first-order valence-electron chi connectivity index (χ1n) is 5.29. The summed E-state index contributed by atoms with van der Waals surface area (Å²) in [5.41, 5.74) is 0.891. The Morgan fingerprint density at radius 2 is 2.11 bits per heavy atom. The average molecular weight is 275 g/mol. The Balaban J connectivity index is 1.97. The maximum absolute atomic E-state index is 11.6.